The Morgan fingerprint density at radius 3 is 2.67 bits per heavy atom. The molecule has 116 valence electrons. The molecule has 6 heteroatoms. The first kappa shape index (κ1) is 17.1. The fraction of sp³-hybridized carbons (Fsp3) is 0.467. The maximum absolute atomic E-state index is 12.3. The molecule has 0 radical (unpaired) electrons. The van der Waals surface area contributed by atoms with Gasteiger partial charge in [-0.3, -0.25) is 4.79 Å². The zero-order valence-electron chi connectivity index (χ0n) is 12.4. The van der Waals surface area contributed by atoms with Gasteiger partial charge in [0.25, 0.3) is 5.91 Å². The van der Waals surface area contributed by atoms with Crippen molar-refractivity contribution in [1.82, 2.24) is 10.6 Å². The minimum atomic E-state index is -1.06. The number of carboxylic acid groups (broad SMARTS) is 1. The summed E-state index contributed by atoms with van der Waals surface area (Å²) in [7, 11) is 3.33. The van der Waals surface area contributed by atoms with Crippen LogP contribution in [0.4, 0.5) is 0 Å². The Bertz CT molecular complexity index is 476. The van der Waals surface area contributed by atoms with E-state index < -0.39 is 12.0 Å². The van der Waals surface area contributed by atoms with Crippen molar-refractivity contribution in [3.63, 3.8) is 0 Å². The average Bonchev–Trinajstić information content (AvgIpc) is 2.49. The molecule has 0 aromatic heterocycles. The summed E-state index contributed by atoms with van der Waals surface area (Å²) in [4.78, 5) is 23.4. The number of carbonyl (C=O) groups excluding carboxylic acids is 1. The van der Waals surface area contributed by atoms with Crippen LogP contribution >= 0.6 is 0 Å². The maximum atomic E-state index is 12.3. The molecule has 0 bridgehead atoms. The fourth-order valence-electron chi connectivity index (χ4n) is 1.95. The lowest BCUT2D eigenvalue weighted by molar-refractivity contribution is -0.139. The van der Waals surface area contributed by atoms with Gasteiger partial charge in [0.15, 0.2) is 0 Å². The summed E-state index contributed by atoms with van der Waals surface area (Å²) in [6.07, 6.45) is 0.937. The van der Waals surface area contributed by atoms with Crippen molar-refractivity contribution in [2.75, 3.05) is 27.3 Å². The third-order valence-electron chi connectivity index (χ3n) is 3.12. The molecular formula is C15H22N2O4. The van der Waals surface area contributed by atoms with Crippen LogP contribution in [0.25, 0.3) is 0 Å². The van der Waals surface area contributed by atoms with Crippen LogP contribution in [-0.4, -0.2) is 50.3 Å². The topological polar surface area (TPSA) is 87.7 Å². The van der Waals surface area contributed by atoms with E-state index in [0.717, 1.165) is 12.1 Å². The molecular weight excluding hydrogens is 272 g/mol. The lowest BCUT2D eigenvalue weighted by Gasteiger charge is -2.15. The van der Waals surface area contributed by atoms with E-state index in [1.807, 2.05) is 19.2 Å². The lowest BCUT2D eigenvalue weighted by atomic mass is 10.0. The quantitative estimate of drug-likeness (QED) is 0.623. The second-order valence-electron chi connectivity index (χ2n) is 4.66. The number of aliphatic carboxylic acids is 1. The Morgan fingerprint density at radius 2 is 2.05 bits per heavy atom. The first-order valence-corrected chi connectivity index (χ1v) is 6.85. The van der Waals surface area contributed by atoms with Gasteiger partial charge in [-0.05, 0) is 31.6 Å². The van der Waals surface area contributed by atoms with E-state index in [9.17, 15) is 9.59 Å². The molecule has 1 unspecified atom stereocenters. The SMILES string of the molecule is CNCCc1ccccc1C(=O)NC(CCOC)C(=O)O. The number of ether oxygens (including phenoxy) is 1. The third-order valence-corrected chi connectivity index (χ3v) is 3.12. The number of likely N-dealkylation sites (N-methyl/N-ethyl adjacent to an activating group) is 1. The number of hydrogen-bond donors (Lipinski definition) is 3. The molecule has 0 spiro atoms. The van der Waals surface area contributed by atoms with Gasteiger partial charge in [0.2, 0.25) is 0 Å². The van der Waals surface area contributed by atoms with Crippen LogP contribution in [0.5, 0.6) is 0 Å². The standard InChI is InChI=1S/C15H22N2O4/c1-16-9-7-11-5-3-4-6-12(11)14(18)17-13(15(19)20)8-10-21-2/h3-6,13,16H,7-10H2,1-2H3,(H,17,18)(H,19,20). The second-order valence-corrected chi connectivity index (χ2v) is 4.66. The smallest absolute Gasteiger partial charge is 0.326 e. The fourth-order valence-corrected chi connectivity index (χ4v) is 1.95. The largest absolute Gasteiger partial charge is 0.480 e. The van der Waals surface area contributed by atoms with E-state index in [-0.39, 0.29) is 18.9 Å². The zero-order chi connectivity index (χ0) is 15.7. The summed E-state index contributed by atoms with van der Waals surface area (Å²) in [5.41, 5.74) is 1.40. The Morgan fingerprint density at radius 1 is 1.33 bits per heavy atom. The monoisotopic (exact) mass is 294 g/mol. The number of amides is 1. The van der Waals surface area contributed by atoms with Crippen molar-refractivity contribution >= 4 is 11.9 Å². The van der Waals surface area contributed by atoms with Gasteiger partial charge in [-0.15, -0.1) is 0 Å². The predicted octanol–water partition coefficient (Wildman–Crippen LogP) is 0.668. The van der Waals surface area contributed by atoms with Gasteiger partial charge >= 0.3 is 5.97 Å². The first-order chi connectivity index (χ1) is 10.1. The highest BCUT2D eigenvalue weighted by atomic mass is 16.5. The molecule has 0 aliphatic rings. The Labute approximate surface area is 124 Å². The molecule has 21 heavy (non-hydrogen) atoms. The lowest BCUT2D eigenvalue weighted by Crippen LogP contribution is -2.41. The highest BCUT2D eigenvalue weighted by Crippen LogP contribution is 2.10. The van der Waals surface area contributed by atoms with E-state index in [1.54, 1.807) is 12.1 Å². The second kappa shape index (κ2) is 9.10. The molecule has 0 saturated carbocycles. The summed E-state index contributed by atoms with van der Waals surface area (Å²) < 4.78 is 4.86. The average molecular weight is 294 g/mol. The first-order valence-electron chi connectivity index (χ1n) is 6.85. The number of methoxy groups -OCH3 is 1. The van der Waals surface area contributed by atoms with E-state index in [2.05, 4.69) is 10.6 Å². The number of carbonyl (C=O) groups is 2. The highest BCUT2D eigenvalue weighted by molar-refractivity contribution is 5.97. The van der Waals surface area contributed by atoms with E-state index in [4.69, 9.17) is 9.84 Å². The number of nitrogens with one attached hydrogen (secondary N) is 2. The number of rotatable bonds is 9. The van der Waals surface area contributed by atoms with Gasteiger partial charge in [-0.1, -0.05) is 18.2 Å². The van der Waals surface area contributed by atoms with Crippen LogP contribution in [0.1, 0.15) is 22.3 Å². The van der Waals surface area contributed by atoms with Crippen molar-refractivity contribution in [2.45, 2.75) is 18.9 Å². The Kier molecular flexibility index (Phi) is 7.42. The van der Waals surface area contributed by atoms with Gasteiger partial charge in [0, 0.05) is 25.7 Å². The molecule has 6 nitrogen and oxygen atoms in total. The normalized spacial score (nSPS) is 11.9. The number of carboxylic acids is 1. The van der Waals surface area contributed by atoms with Crippen LogP contribution in [0.2, 0.25) is 0 Å². The van der Waals surface area contributed by atoms with Crippen LogP contribution in [0.3, 0.4) is 0 Å². The zero-order valence-corrected chi connectivity index (χ0v) is 12.4. The molecule has 1 rings (SSSR count). The summed E-state index contributed by atoms with van der Waals surface area (Å²) in [5, 5.41) is 14.7. The molecule has 1 aromatic carbocycles. The summed E-state index contributed by atoms with van der Waals surface area (Å²) >= 11 is 0. The van der Waals surface area contributed by atoms with E-state index >= 15 is 0 Å². The number of benzene rings is 1. The minimum absolute atomic E-state index is 0.232. The van der Waals surface area contributed by atoms with Gasteiger partial charge in [-0.2, -0.15) is 0 Å². The molecule has 0 fully saturated rings. The molecule has 1 amide bonds. The van der Waals surface area contributed by atoms with Crippen molar-refractivity contribution in [3.8, 4) is 0 Å². The van der Waals surface area contributed by atoms with Gasteiger partial charge in [-0.25, -0.2) is 4.79 Å². The molecule has 1 atom stereocenters. The van der Waals surface area contributed by atoms with Crippen LogP contribution in [-0.2, 0) is 16.0 Å². The van der Waals surface area contributed by atoms with Gasteiger partial charge in [0.1, 0.15) is 6.04 Å². The minimum Gasteiger partial charge on any atom is -0.480 e. The molecule has 1 aromatic rings. The Hall–Kier alpha value is -1.92. The molecule has 3 N–H and O–H groups in total. The molecule has 0 aliphatic heterocycles. The summed E-state index contributed by atoms with van der Waals surface area (Å²) in [6, 6.07) is 6.26. The third kappa shape index (κ3) is 5.53. The van der Waals surface area contributed by atoms with Gasteiger partial charge < -0.3 is 20.5 Å². The Balaban J connectivity index is 2.79. The van der Waals surface area contributed by atoms with Crippen LogP contribution in [0, 0.1) is 0 Å². The highest BCUT2D eigenvalue weighted by Gasteiger charge is 2.21. The molecule has 0 saturated heterocycles. The van der Waals surface area contributed by atoms with E-state index in [0.29, 0.717) is 12.0 Å². The van der Waals surface area contributed by atoms with Crippen molar-refractivity contribution in [1.29, 1.82) is 0 Å². The molecule has 0 aliphatic carbocycles. The van der Waals surface area contributed by atoms with E-state index in [1.165, 1.54) is 7.11 Å². The van der Waals surface area contributed by atoms with Crippen LogP contribution in [0.15, 0.2) is 24.3 Å². The summed E-state index contributed by atoms with van der Waals surface area (Å²) in [6.45, 7) is 1.02. The molecule has 0 heterocycles. The van der Waals surface area contributed by atoms with Crippen molar-refractivity contribution in [2.24, 2.45) is 0 Å². The van der Waals surface area contributed by atoms with Crippen molar-refractivity contribution < 1.29 is 19.4 Å². The van der Waals surface area contributed by atoms with Crippen LogP contribution < -0.4 is 10.6 Å². The van der Waals surface area contributed by atoms with Crippen molar-refractivity contribution in [3.05, 3.63) is 35.4 Å². The number of hydrogen-bond acceptors (Lipinski definition) is 4. The predicted molar refractivity (Wildman–Crippen MR) is 79.5 cm³/mol. The maximum Gasteiger partial charge on any atom is 0.326 e. The van der Waals surface area contributed by atoms with Gasteiger partial charge in [0.05, 0.1) is 0 Å². The summed E-state index contributed by atoms with van der Waals surface area (Å²) in [5.74, 6) is -1.43.